The molecule has 0 spiro atoms. The molecule has 2 N–H and O–H groups in total. The molecule has 0 aromatic heterocycles. The zero-order valence-electron chi connectivity index (χ0n) is 10.1. The molecule has 1 saturated heterocycles. The average Bonchev–Trinajstić information content (AvgIpc) is 2.43. The average molecular weight is 301 g/mol. The number of phenolic OH excluding ortho intramolecular Hbond substituents is 1. The van der Waals surface area contributed by atoms with Crippen LogP contribution in [0.2, 0.25) is 5.02 Å². The molecule has 19 heavy (non-hydrogen) atoms. The summed E-state index contributed by atoms with van der Waals surface area (Å²) in [6, 6.07) is 4.42. The van der Waals surface area contributed by atoms with Gasteiger partial charge in [0.1, 0.15) is 5.75 Å². The molecular weight excluding hydrogens is 288 g/mol. The second-order valence-corrected chi connectivity index (χ2v) is 4.84. The normalized spacial score (nSPS) is 15.1. The van der Waals surface area contributed by atoms with Crippen LogP contribution in [0.15, 0.2) is 18.2 Å². The van der Waals surface area contributed by atoms with Crippen molar-refractivity contribution >= 4 is 40.4 Å². The van der Waals surface area contributed by atoms with Gasteiger partial charge in [-0.25, -0.2) is 0 Å². The predicted molar refractivity (Wildman–Crippen MR) is 76.7 cm³/mol. The molecule has 1 amide bonds. The first kappa shape index (κ1) is 14.0. The predicted octanol–water partition coefficient (Wildman–Crippen LogP) is 1.64. The maximum atomic E-state index is 12.0. The van der Waals surface area contributed by atoms with Crippen LogP contribution in [-0.2, 0) is 9.53 Å². The largest absolute Gasteiger partial charge is 0.506 e. The summed E-state index contributed by atoms with van der Waals surface area (Å²) in [6.07, 6.45) is 0. The topological polar surface area (TPSA) is 61.8 Å². The fourth-order valence-corrected chi connectivity index (χ4v) is 2.10. The van der Waals surface area contributed by atoms with E-state index in [1.54, 1.807) is 4.90 Å². The Morgan fingerprint density at radius 2 is 2.11 bits per heavy atom. The van der Waals surface area contributed by atoms with Gasteiger partial charge in [-0.15, -0.1) is 0 Å². The van der Waals surface area contributed by atoms with E-state index in [1.807, 2.05) is 0 Å². The Kier molecular flexibility index (Phi) is 4.57. The number of morpholine rings is 1. The van der Waals surface area contributed by atoms with E-state index in [0.29, 0.717) is 31.3 Å². The molecule has 5 nitrogen and oxygen atoms in total. The number of hydrogen-bond acceptors (Lipinski definition) is 4. The highest BCUT2D eigenvalue weighted by atomic mass is 35.5. The molecule has 102 valence electrons. The highest BCUT2D eigenvalue weighted by Crippen LogP contribution is 2.26. The third-order valence-electron chi connectivity index (χ3n) is 2.70. The molecule has 0 saturated carbocycles. The van der Waals surface area contributed by atoms with Gasteiger partial charge in [0, 0.05) is 18.1 Å². The lowest BCUT2D eigenvalue weighted by molar-refractivity contribution is -0.111. The Hall–Kier alpha value is -1.37. The summed E-state index contributed by atoms with van der Waals surface area (Å²) in [7, 11) is 0. The zero-order valence-corrected chi connectivity index (χ0v) is 11.6. The minimum atomic E-state index is -0.436. The van der Waals surface area contributed by atoms with E-state index in [2.05, 4.69) is 5.32 Å². The van der Waals surface area contributed by atoms with Crippen molar-refractivity contribution < 1.29 is 14.6 Å². The van der Waals surface area contributed by atoms with Crippen molar-refractivity contribution in [3.05, 3.63) is 23.2 Å². The van der Waals surface area contributed by atoms with Crippen molar-refractivity contribution in [2.45, 2.75) is 0 Å². The number of anilines is 1. The molecule has 0 bridgehead atoms. The standard InChI is InChI=1S/C12H13ClN2O3S/c13-8-1-2-10(16)9(7-8)14-11(17)12(19)15-3-5-18-6-4-15/h1-2,7,16H,3-6H2,(H,14,17). The lowest BCUT2D eigenvalue weighted by Crippen LogP contribution is -2.44. The number of amides is 1. The van der Waals surface area contributed by atoms with E-state index >= 15 is 0 Å². The van der Waals surface area contributed by atoms with Gasteiger partial charge in [0.05, 0.1) is 18.9 Å². The first-order valence-electron chi connectivity index (χ1n) is 5.74. The van der Waals surface area contributed by atoms with E-state index < -0.39 is 5.91 Å². The highest BCUT2D eigenvalue weighted by molar-refractivity contribution is 7.82. The fraction of sp³-hybridized carbons (Fsp3) is 0.333. The summed E-state index contributed by atoms with van der Waals surface area (Å²) in [4.78, 5) is 13.9. The van der Waals surface area contributed by atoms with Gasteiger partial charge in [-0.3, -0.25) is 4.79 Å². The van der Waals surface area contributed by atoms with Crippen LogP contribution in [0.5, 0.6) is 5.75 Å². The number of aromatic hydroxyl groups is 1. The number of rotatable bonds is 1. The van der Waals surface area contributed by atoms with Crippen LogP contribution in [0, 0.1) is 0 Å². The molecule has 1 fully saturated rings. The van der Waals surface area contributed by atoms with Crippen LogP contribution in [-0.4, -0.2) is 47.2 Å². The third kappa shape index (κ3) is 3.56. The summed E-state index contributed by atoms with van der Waals surface area (Å²) < 4.78 is 5.19. The van der Waals surface area contributed by atoms with Crippen LogP contribution in [0.25, 0.3) is 0 Å². The lowest BCUT2D eigenvalue weighted by Gasteiger charge is -2.28. The second kappa shape index (κ2) is 6.18. The van der Waals surface area contributed by atoms with Crippen molar-refractivity contribution in [2.24, 2.45) is 0 Å². The number of ether oxygens (including phenoxy) is 1. The Bertz CT molecular complexity index is 504. The number of thiocarbonyl (C=S) groups is 1. The Morgan fingerprint density at radius 3 is 2.79 bits per heavy atom. The van der Waals surface area contributed by atoms with E-state index in [1.165, 1.54) is 18.2 Å². The van der Waals surface area contributed by atoms with E-state index in [0.717, 1.165) is 0 Å². The van der Waals surface area contributed by atoms with Crippen LogP contribution in [0.4, 0.5) is 5.69 Å². The number of nitrogens with one attached hydrogen (secondary N) is 1. The van der Waals surface area contributed by atoms with Gasteiger partial charge < -0.3 is 20.1 Å². The molecule has 2 rings (SSSR count). The van der Waals surface area contributed by atoms with Crippen molar-refractivity contribution in [1.82, 2.24) is 4.90 Å². The Balaban J connectivity index is 2.03. The molecule has 1 aromatic carbocycles. The van der Waals surface area contributed by atoms with Crippen molar-refractivity contribution in [2.75, 3.05) is 31.6 Å². The number of carbonyl (C=O) groups is 1. The molecule has 1 aliphatic rings. The van der Waals surface area contributed by atoms with Gasteiger partial charge in [-0.05, 0) is 18.2 Å². The van der Waals surface area contributed by atoms with Crippen molar-refractivity contribution in [3.63, 3.8) is 0 Å². The summed E-state index contributed by atoms with van der Waals surface area (Å²) in [5.41, 5.74) is 0.244. The molecule has 0 unspecified atom stereocenters. The van der Waals surface area contributed by atoms with Crippen LogP contribution >= 0.6 is 23.8 Å². The van der Waals surface area contributed by atoms with Crippen LogP contribution in [0.1, 0.15) is 0 Å². The van der Waals surface area contributed by atoms with Gasteiger partial charge in [-0.1, -0.05) is 23.8 Å². The van der Waals surface area contributed by atoms with E-state index in [9.17, 15) is 9.90 Å². The Labute approximate surface area is 121 Å². The van der Waals surface area contributed by atoms with Gasteiger partial charge in [0.25, 0.3) is 5.91 Å². The Morgan fingerprint density at radius 1 is 1.42 bits per heavy atom. The quantitative estimate of drug-likeness (QED) is 0.610. The first-order chi connectivity index (χ1) is 9.08. The molecule has 0 atom stereocenters. The smallest absolute Gasteiger partial charge is 0.283 e. The maximum absolute atomic E-state index is 12.0. The molecule has 1 aromatic rings. The summed E-state index contributed by atoms with van der Waals surface area (Å²) >= 11 is 10.9. The second-order valence-electron chi connectivity index (χ2n) is 4.02. The minimum Gasteiger partial charge on any atom is -0.506 e. The van der Waals surface area contributed by atoms with Crippen LogP contribution in [0.3, 0.4) is 0 Å². The number of halogens is 1. The maximum Gasteiger partial charge on any atom is 0.283 e. The van der Waals surface area contributed by atoms with Gasteiger partial charge >= 0.3 is 0 Å². The molecule has 1 heterocycles. The zero-order chi connectivity index (χ0) is 13.8. The number of nitrogens with zero attached hydrogens (tertiary/aromatic N) is 1. The molecule has 0 aliphatic carbocycles. The molecule has 0 radical (unpaired) electrons. The molecule has 1 aliphatic heterocycles. The first-order valence-corrected chi connectivity index (χ1v) is 6.53. The molecular formula is C12H13ClN2O3S. The van der Waals surface area contributed by atoms with Gasteiger partial charge in [0.15, 0.2) is 4.99 Å². The lowest BCUT2D eigenvalue weighted by atomic mass is 10.3. The van der Waals surface area contributed by atoms with Gasteiger partial charge in [0.2, 0.25) is 0 Å². The fourth-order valence-electron chi connectivity index (χ4n) is 1.69. The number of hydrogen-bond donors (Lipinski definition) is 2. The van der Waals surface area contributed by atoms with Crippen molar-refractivity contribution in [3.8, 4) is 5.75 Å². The number of benzene rings is 1. The SMILES string of the molecule is O=C(Nc1cc(Cl)ccc1O)C(=S)N1CCOCC1. The third-order valence-corrected chi connectivity index (χ3v) is 3.38. The minimum absolute atomic E-state index is 0.0532. The molecule has 7 heteroatoms. The van der Waals surface area contributed by atoms with Crippen LogP contribution < -0.4 is 5.32 Å². The van der Waals surface area contributed by atoms with Crippen molar-refractivity contribution in [1.29, 1.82) is 0 Å². The van der Waals surface area contributed by atoms with Gasteiger partial charge in [-0.2, -0.15) is 0 Å². The summed E-state index contributed by atoms with van der Waals surface area (Å²) in [5, 5.41) is 12.6. The summed E-state index contributed by atoms with van der Waals surface area (Å²) in [5.74, 6) is -0.489. The number of phenols is 1. The van der Waals surface area contributed by atoms with E-state index in [4.69, 9.17) is 28.6 Å². The highest BCUT2D eigenvalue weighted by Gasteiger charge is 2.20. The number of carbonyl (C=O) groups excluding carboxylic acids is 1. The summed E-state index contributed by atoms with van der Waals surface area (Å²) in [6.45, 7) is 2.28. The van der Waals surface area contributed by atoms with E-state index in [-0.39, 0.29) is 16.4 Å². The monoisotopic (exact) mass is 300 g/mol.